The molecule has 0 unspecified atom stereocenters. The van der Waals surface area contributed by atoms with Crippen molar-refractivity contribution in [2.24, 2.45) is 0 Å². The van der Waals surface area contributed by atoms with Gasteiger partial charge in [-0.15, -0.1) is 0 Å². The van der Waals surface area contributed by atoms with E-state index in [1.807, 2.05) is 6.07 Å². The standard InChI is InChI=1S/C27H30FN3O4/c1-5-8-30(4)9-7-16-17-10-15(3)21(28)12-22(17)29-24-18(16)13-31-23(24)11-20-19(25(31)32)14-35-26(33)27(20,34)6-2/h10-12,34H,5-9,13-14H2,1-4H3/t27-/m0/s1. The summed E-state index contributed by atoms with van der Waals surface area (Å²) in [5, 5.41) is 12.0. The van der Waals surface area contributed by atoms with Crippen LogP contribution in [-0.4, -0.2) is 45.7 Å². The number of carbonyl (C=O) groups is 1. The lowest BCUT2D eigenvalue weighted by Gasteiger charge is -2.31. The molecule has 8 heteroatoms. The number of benzene rings is 1. The fourth-order valence-corrected chi connectivity index (χ4v) is 5.37. The van der Waals surface area contributed by atoms with E-state index in [-0.39, 0.29) is 30.0 Å². The quantitative estimate of drug-likeness (QED) is 0.427. The lowest BCUT2D eigenvalue weighted by atomic mass is 9.86. The number of ether oxygens (including phenoxy) is 1. The number of aryl methyl sites for hydroxylation is 1. The molecule has 3 aromatic rings. The molecule has 2 aliphatic heterocycles. The summed E-state index contributed by atoms with van der Waals surface area (Å²) in [6.45, 7) is 7.51. The maximum atomic E-state index is 14.5. The Morgan fingerprint density at radius 3 is 2.69 bits per heavy atom. The molecular formula is C27H30FN3O4. The summed E-state index contributed by atoms with van der Waals surface area (Å²) in [6.07, 6.45) is 1.86. The highest BCUT2D eigenvalue weighted by Crippen LogP contribution is 2.40. The van der Waals surface area contributed by atoms with E-state index >= 15 is 0 Å². The first-order valence-corrected chi connectivity index (χ1v) is 12.2. The molecule has 0 saturated heterocycles. The molecule has 1 N–H and O–H groups in total. The maximum absolute atomic E-state index is 14.5. The summed E-state index contributed by atoms with van der Waals surface area (Å²) in [4.78, 5) is 33.0. The van der Waals surface area contributed by atoms with Crippen LogP contribution in [0.5, 0.6) is 0 Å². The molecule has 1 atom stereocenters. The van der Waals surface area contributed by atoms with Gasteiger partial charge in [0.2, 0.25) is 0 Å². The number of hydrogen-bond acceptors (Lipinski definition) is 6. The van der Waals surface area contributed by atoms with E-state index in [2.05, 4.69) is 18.9 Å². The van der Waals surface area contributed by atoms with Gasteiger partial charge < -0.3 is 19.3 Å². The van der Waals surface area contributed by atoms with Gasteiger partial charge in [0.05, 0.1) is 29.0 Å². The number of aromatic nitrogens is 2. The molecule has 4 heterocycles. The third-order valence-corrected chi connectivity index (χ3v) is 7.43. The summed E-state index contributed by atoms with van der Waals surface area (Å²) in [5.41, 5.74) is 2.60. The molecule has 184 valence electrons. The normalized spacial score (nSPS) is 18.5. The van der Waals surface area contributed by atoms with Gasteiger partial charge in [-0.1, -0.05) is 13.8 Å². The van der Waals surface area contributed by atoms with Gasteiger partial charge in [0.1, 0.15) is 12.4 Å². The Kier molecular flexibility index (Phi) is 5.76. The zero-order valence-electron chi connectivity index (χ0n) is 20.6. The molecule has 0 aliphatic carbocycles. The number of fused-ring (bicyclic) bond motifs is 5. The minimum atomic E-state index is -1.88. The Bertz CT molecular complexity index is 1430. The Morgan fingerprint density at radius 1 is 1.20 bits per heavy atom. The van der Waals surface area contributed by atoms with E-state index in [0.29, 0.717) is 34.6 Å². The minimum Gasteiger partial charge on any atom is -0.458 e. The van der Waals surface area contributed by atoms with Crippen molar-refractivity contribution in [3.63, 3.8) is 0 Å². The number of cyclic esters (lactones) is 1. The van der Waals surface area contributed by atoms with Crippen molar-refractivity contribution < 1.29 is 19.0 Å². The van der Waals surface area contributed by atoms with Gasteiger partial charge in [-0.2, -0.15) is 0 Å². The molecule has 0 spiro atoms. The predicted octanol–water partition coefficient (Wildman–Crippen LogP) is 3.41. The first-order chi connectivity index (χ1) is 16.7. The maximum Gasteiger partial charge on any atom is 0.343 e. The van der Waals surface area contributed by atoms with E-state index < -0.39 is 11.6 Å². The highest BCUT2D eigenvalue weighted by Gasteiger charge is 2.45. The van der Waals surface area contributed by atoms with Gasteiger partial charge in [-0.25, -0.2) is 14.2 Å². The number of esters is 1. The van der Waals surface area contributed by atoms with E-state index in [4.69, 9.17) is 9.72 Å². The molecule has 0 bridgehead atoms. The topological polar surface area (TPSA) is 84.7 Å². The molecule has 0 saturated carbocycles. The van der Waals surface area contributed by atoms with Crippen LogP contribution in [0.3, 0.4) is 0 Å². The average Bonchev–Trinajstić information content (AvgIpc) is 3.19. The summed E-state index contributed by atoms with van der Waals surface area (Å²) in [6, 6.07) is 4.98. The predicted molar refractivity (Wildman–Crippen MR) is 131 cm³/mol. The fraction of sp³-hybridized carbons (Fsp3) is 0.444. The Morgan fingerprint density at radius 2 is 1.97 bits per heavy atom. The monoisotopic (exact) mass is 479 g/mol. The smallest absolute Gasteiger partial charge is 0.343 e. The van der Waals surface area contributed by atoms with Crippen molar-refractivity contribution in [2.45, 2.75) is 58.8 Å². The third kappa shape index (κ3) is 3.58. The first-order valence-electron chi connectivity index (χ1n) is 12.2. The molecule has 2 aliphatic rings. The summed E-state index contributed by atoms with van der Waals surface area (Å²) in [5.74, 6) is -1.08. The first kappa shape index (κ1) is 23.6. The summed E-state index contributed by atoms with van der Waals surface area (Å²) >= 11 is 0. The molecule has 1 aromatic carbocycles. The molecule has 5 rings (SSSR count). The highest BCUT2D eigenvalue weighted by molar-refractivity contribution is 5.89. The number of likely N-dealkylation sites (N-methyl/N-ethyl adjacent to an activating group) is 1. The zero-order chi connectivity index (χ0) is 25.1. The van der Waals surface area contributed by atoms with Crippen LogP contribution in [-0.2, 0) is 34.7 Å². The number of halogens is 1. The highest BCUT2D eigenvalue weighted by atomic mass is 19.1. The van der Waals surface area contributed by atoms with Crippen molar-refractivity contribution in [1.82, 2.24) is 14.5 Å². The van der Waals surface area contributed by atoms with E-state index in [9.17, 15) is 19.1 Å². The van der Waals surface area contributed by atoms with Crippen molar-refractivity contribution >= 4 is 16.9 Å². The van der Waals surface area contributed by atoms with Gasteiger partial charge in [-0.3, -0.25) is 4.79 Å². The average molecular weight is 480 g/mol. The van der Waals surface area contributed by atoms with Crippen LogP contribution >= 0.6 is 0 Å². The van der Waals surface area contributed by atoms with Crippen molar-refractivity contribution in [3.8, 4) is 11.4 Å². The van der Waals surface area contributed by atoms with Crippen LogP contribution in [0.4, 0.5) is 4.39 Å². The van der Waals surface area contributed by atoms with E-state index in [1.165, 1.54) is 6.07 Å². The van der Waals surface area contributed by atoms with Gasteiger partial charge in [0.15, 0.2) is 5.60 Å². The SMILES string of the molecule is CCCN(C)CCc1c2c(nc3cc(F)c(C)cc13)-c1cc3c(c(=O)n1C2)COC(=O)[C@]3(O)CC. The summed E-state index contributed by atoms with van der Waals surface area (Å²) in [7, 11) is 2.08. The summed E-state index contributed by atoms with van der Waals surface area (Å²) < 4.78 is 21.3. The number of aliphatic hydroxyl groups is 1. The Balaban J connectivity index is 1.74. The Labute approximate surface area is 203 Å². The van der Waals surface area contributed by atoms with E-state index in [1.54, 1.807) is 24.5 Å². The lowest BCUT2D eigenvalue weighted by molar-refractivity contribution is -0.172. The number of carbonyl (C=O) groups excluding carboxylic acids is 1. The van der Waals surface area contributed by atoms with Gasteiger partial charge in [-0.05, 0) is 63.0 Å². The zero-order valence-corrected chi connectivity index (χ0v) is 20.6. The van der Waals surface area contributed by atoms with Gasteiger partial charge in [0, 0.05) is 29.1 Å². The number of rotatable bonds is 6. The second-order valence-electron chi connectivity index (χ2n) is 9.69. The third-order valence-electron chi connectivity index (χ3n) is 7.43. The van der Waals surface area contributed by atoms with Crippen LogP contribution < -0.4 is 5.56 Å². The molecule has 2 aromatic heterocycles. The Hall–Kier alpha value is -3.10. The fourth-order valence-electron chi connectivity index (χ4n) is 5.37. The van der Waals surface area contributed by atoms with Crippen molar-refractivity contribution in [1.29, 1.82) is 0 Å². The van der Waals surface area contributed by atoms with Gasteiger partial charge >= 0.3 is 5.97 Å². The molecule has 7 nitrogen and oxygen atoms in total. The van der Waals surface area contributed by atoms with Crippen molar-refractivity contribution in [3.05, 3.63) is 62.2 Å². The minimum absolute atomic E-state index is 0.0826. The van der Waals surface area contributed by atoms with Gasteiger partial charge in [0.25, 0.3) is 5.56 Å². The largest absolute Gasteiger partial charge is 0.458 e. The number of nitrogens with zero attached hydrogens (tertiary/aromatic N) is 3. The molecular weight excluding hydrogens is 449 g/mol. The molecule has 0 fully saturated rings. The number of hydrogen-bond donors (Lipinski definition) is 1. The second kappa shape index (κ2) is 8.53. The lowest BCUT2D eigenvalue weighted by Crippen LogP contribution is -2.44. The van der Waals surface area contributed by atoms with Crippen LogP contribution in [0.1, 0.15) is 54.5 Å². The van der Waals surface area contributed by atoms with Crippen molar-refractivity contribution in [2.75, 3.05) is 20.1 Å². The number of pyridine rings is 2. The van der Waals surface area contributed by atoms with Crippen LogP contribution in [0.25, 0.3) is 22.3 Å². The second-order valence-corrected chi connectivity index (χ2v) is 9.69. The van der Waals surface area contributed by atoms with Crippen LogP contribution in [0.15, 0.2) is 23.0 Å². The molecule has 0 amide bonds. The van der Waals surface area contributed by atoms with Crippen LogP contribution in [0.2, 0.25) is 0 Å². The molecule has 35 heavy (non-hydrogen) atoms. The van der Waals surface area contributed by atoms with Crippen LogP contribution in [0, 0.1) is 12.7 Å². The van der Waals surface area contributed by atoms with E-state index in [0.717, 1.165) is 42.4 Å². The molecule has 0 radical (unpaired) electrons.